The lowest BCUT2D eigenvalue weighted by Crippen LogP contribution is -2.28. The SMILES string of the molecule is COc1ccc2c(c1)N(Cc1ccc(Cl)cc1)C(C)C2. The minimum Gasteiger partial charge on any atom is -0.497 e. The fraction of sp³-hybridized carbons (Fsp3) is 0.294. The molecule has 0 aliphatic carbocycles. The Hall–Kier alpha value is -1.67. The Bertz CT molecular complexity index is 609. The van der Waals surface area contributed by atoms with Gasteiger partial charge in [-0.25, -0.2) is 0 Å². The molecule has 0 saturated carbocycles. The molecule has 2 nitrogen and oxygen atoms in total. The number of anilines is 1. The molecule has 104 valence electrons. The van der Waals surface area contributed by atoms with E-state index in [0.717, 1.165) is 23.7 Å². The second-order valence-electron chi connectivity index (χ2n) is 5.30. The lowest BCUT2D eigenvalue weighted by molar-refractivity contribution is 0.415. The van der Waals surface area contributed by atoms with Crippen molar-refractivity contribution in [2.75, 3.05) is 12.0 Å². The van der Waals surface area contributed by atoms with Crippen LogP contribution in [0.1, 0.15) is 18.1 Å². The van der Waals surface area contributed by atoms with Gasteiger partial charge in [0.15, 0.2) is 0 Å². The number of rotatable bonds is 3. The van der Waals surface area contributed by atoms with Gasteiger partial charge in [0.2, 0.25) is 0 Å². The lowest BCUT2D eigenvalue weighted by atomic mass is 10.1. The van der Waals surface area contributed by atoms with Crippen LogP contribution in [0.2, 0.25) is 5.02 Å². The molecule has 0 radical (unpaired) electrons. The maximum atomic E-state index is 5.95. The standard InChI is InChI=1S/C17H18ClNO/c1-12-9-14-5-8-16(20-2)10-17(14)19(12)11-13-3-6-15(18)7-4-13/h3-8,10,12H,9,11H2,1-2H3. The van der Waals surface area contributed by atoms with Crippen molar-refractivity contribution < 1.29 is 4.74 Å². The number of methoxy groups -OCH3 is 1. The molecule has 0 saturated heterocycles. The Balaban J connectivity index is 1.89. The van der Waals surface area contributed by atoms with E-state index in [4.69, 9.17) is 16.3 Å². The summed E-state index contributed by atoms with van der Waals surface area (Å²) in [6.45, 7) is 3.17. The van der Waals surface area contributed by atoms with Gasteiger partial charge in [-0.2, -0.15) is 0 Å². The second-order valence-corrected chi connectivity index (χ2v) is 5.74. The van der Waals surface area contributed by atoms with Gasteiger partial charge in [0.05, 0.1) is 7.11 Å². The predicted molar refractivity (Wildman–Crippen MR) is 83.8 cm³/mol. The summed E-state index contributed by atoms with van der Waals surface area (Å²) in [6.07, 6.45) is 1.09. The highest BCUT2D eigenvalue weighted by Gasteiger charge is 2.26. The molecule has 0 spiro atoms. The first-order valence-corrected chi connectivity index (χ1v) is 7.23. The molecule has 2 aromatic carbocycles. The van der Waals surface area contributed by atoms with E-state index in [-0.39, 0.29) is 0 Å². The van der Waals surface area contributed by atoms with Crippen molar-refractivity contribution in [1.82, 2.24) is 0 Å². The van der Waals surface area contributed by atoms with Crippen molar-refractivity contribution in [3.8, 4) is 5.75 Å². The van der Waals surface area contributed by atoms with E-state index in [1.807, 2.05) is 18.2 Å². The Kier molecular flexibility index (Phi) is 3.58. The molecule has 3 rings (SSSR count). The number of benzene rings is 2. The van der Waals surface area contributed by atoms with Crippen LogP contribution in [-0.4, -0.2) is 13.2 Å². The molecule has 1 atom stereocenters. The Morgan fingerprint density at radius 2 is 1.95 bits per heavy atom. The summed E-state index contributed by atoms with van der Waals surface area (Å²) in [5, 5.41) is 0.783. The summed E-state index contributed by atoms with van der Waals surface area (Å²) >= 11 is 5.95. The molecule has 1 aliphatic rings. The van der Waals surface area contributed by atoms with Gasteiger partial charge in [-0.1, -0.05) is 29.8 Å². The quantitative estimate of drug-likeness (QED) is 0.834. The highest BCUT2D eigenvalue weighted by molar-refractivity contribution is 6.30. The van der Waals surface area contributed by atoms with Gasteiger partial charge in [0.1, 0.15) is 5.75 Å². The van der Waals surface area contributed by atoms with Crippen LogP contribution in [0.3, 0.4) is 0 Å². The van der Waals surface area contributed by atoms with Crippen LogP contribution < -0.4 is 9.64 Å². The summed E-state index contributed by atoms with van der Waals surface area (Å²) in [5.74, 6) is 0.916. The first-order chi connectivity index (χ1) is 9.67. The van der Waals surface area contributed by atoms with Gasteiger partial charge in [-0.05, 0) is 42.7 Å². The minimum absolute atomic E-state index is 0.507. The normalized spacial score (nSPS) is 17.1. The van der Waals surface area contributed by atoms with E-state index in [2.05, 4.69) is 36.1 Å². The van der Waals surface area contributed by atoms with Crippen LogP contribution in [0, 0.1) is 0 Å². The van der Waals surface area contributed by atoms with Crippen molar-refractivity contribution in [3.63, 3.8) is 0 Å². The van der Waals surface area contributed by atoms with Crippen LogP contribution in [-0.2, 0) is 13.0 Å². The fourth-order valence-corrected chi connectivity index (χ4v) is 2.93. The molecule has 1 unspecified atom stereocenters. The zero-order valence-corrected chi connectivity index (χ0v) is 12.5. The summed E-state index contributed by atoms with van der Waals surface area (Å²) in [6, 6.07) is 14.9. The van der Waals surface area contributed by atoms with Gasteiger partial charge in [0, 0.05) is 29.4 Å². The predicted octanol–water partition coefficient (Wildman–Crippen LogP) is 4.30. The smallest absolute Gasteiger partial charge is 0.120 e. The van der Waals surface area contributed by atoms with Crippen molar-refractivity contribution in [1.29, 1.82) is 0 Å². The van der Waals surface area contributed by atoms with Crippen molar-refractivity contribution in [2.24, 2.45) is 0 Å². The number of halogens is 1. The maximum absolute atomic E-state index is 5.95. The number of hydrogen-bond acceptors (Lipinski definition) is 2. The van der Waals surface area contributed by atoms with Crippen LogP contribution in [0.15, 0.2) is 42.5 Å². The van der Waals surface area contributed by atoms with E-state index in [9.17, 15) is 0 Å². The molecule has 1 heterocycles. The van der Waals surface area contributed by atoms with Gasteiger partial charge >= 0.3 is 0 Å². The van der Waals surface area contributed by atoms with Crippen LogP contribution >= 0.6 is 11.6 Å². The zero-order chi connectivity index (χ0) is 14.1. The van der Waals surface area contributed by atoms with Gasteiger partial charge < -0.3 is 9.64 Å². The third-order valence-corrected chi connectivity index (χ3v) is 4.17. The average Bonchev–Trinajstić information content (AvgIpc) is 2.77. The summed E-state index contributed by atoms with van der Waals surface area (Å²) in [7, 11) is 1.71. The number of hydrogen-bond donors (Lipinski definition) is 0. The summed E-state index contributed by atoms with van der Waals surface area (Å²) in [4.78, 5) is 2.43. The van der Waals surface area contributed by atoms with Crippen LogP contribution in [0.5, 0.6) is 5.75 Å². The zero-order valence-electron chi connectivity index (χ0n) is 11.8. The molecule has 0 amide bonds. The van der Waals surface area contributed by atoms with Crippen molar-refractivity contribution in [2.45, 2.75) is 25.9 Å². The number of ether oxygens (including phenoxy) is 1. The molecule has 20 heavy (non-hydrogen) atoms. The first-order valence-electron chi connectivity index (χ1n) is 6.85. The van der Waals surface area contributed by atoms with E-state index < -0.39 is 0 Å². The monoisotopic (exact) mass is 287 g/mol. The average molecular weight is 288 g/mol. The van der Waals surface area contributed by atoms with Crippen molar-refractivity contribution in [3.05, 3.63) is 58.6 Å². The van der Waals surface area contributed by atoms with E-state index in [1.165, 1.54) is 16.8 Å². The van der Waals surface area contributed by atoms with Crippen molar-refractivity contribution >= 4 is 17.3 Å². The molecule has 0 fully saturated rings. The van der Waals surface area contributed by atoms with E-state index in [0.29, 0.717) is 6.04 Å². The molecule has 2 aromatic rings. The third kappa shape index (κ3) is 2.48. The minimum atomic E-state index is 0.507. The van der Waals surface area contributed by atoms with Gasteiger partial charge in [0.25, 0.3) is 0 Å². The molecule has 1 aliphatic heterocycles. The topological polar surface area (TPSA) is 12.5 Å². The summed E-state index contributed by atoms with van der Waals surface area (Å²) < 4.78 is 5.34. The van der Waals surface area contributed by atoms with Crippen LogP contribution in [0.25, 0.3) is 0 Å². The second kappa shape index (κ2) is 5.37. The maximum Gasteiger partial charge on any atom is 0.120 e. The van der Waals surface area contributed by atoms with E-state index >= 15 is 0 Å². The molecule has 0 N–H and O–H groups in total. The number of fused-ring (bicyclic) bond motifs is 1. The van der Waals surface area contributed by atoms with E-state index in [1.54, 1.807) is 7.11 Å². The highest BCUT2D eigenvalue weighted by Crippen LogP contribution is 2.36. The Labute approximate surface area is 124 Å². The molecule has 0 aromatic heterocycles. The van der Waals surface area contributed by atoms with Gasteiger partial charge in [-0.15, -0.1) is 0 Å². The van der Waals surface area contributed by atoms with Gasteiger partial charge in [-0.3, -0.25) is 0 Å². The van der Waals surface area contributed by atoms with Crippen LogP contribution in [0.4, 0.5) is 5.69 Å². The largest absolute Gasteiger partial charge is 0.497 e. The molecule has 0 bridgehead atoms. The summed E-state index contributed by atoms with van der Waals surface area (Å²) in [5.41, 5.74) is 3.95. The Morgan fingerprint density at radius 3 is 2.65 bits per heavy atom. The first kappa shape index (κ1) is 13.3. The Morgan fingerprint density at radius 1 is 1.20 bits per heavy atom. The fourth-order valence-electron chi connectivity index (χ4n) is 2.80. The molecular weight excluding hydrogens is 270 g/mol. The molecular formula is C17H18ClNO. The third-order valence-electron chi connectivity index (χ3n) is 3.92. The lowest BCUT2D eigenvalue weighted by Gasteiger charge is -2.25. The molecule has 3 heteroatoms. The number of nitrogens with zero attached hydrogens (tertiary/aromatic N) is 1. The highest BCUT2D eigenvalue weighted by atomic mass is 35.5.